The van der Waals surface area contributed by atoms with Crippen LogP contribution in [0.5, 0.6) is 0 Å². The van der Waals surface area contributed by atoms with Gasteiger partial charge in [-0.15, -0.1) is 0 Å². The van der Waals surface area contributed by atoms with Crippen molar-refractivity contribution in [3.63, 3.8) is 0 Å². The van der Waals surface area contributed by atoms with Crippen LogP contribution in [0.15, 0.2) is 69.9 Å². The van der Waals surface area contributed by atoms with Gasteiger partial charge in [0, 0.05) is 5.39 Å². The van der Waals surface area contributed by atoms with Gasteiger partial charge in [0.2, 0.25) is 0 Å². The minimum Gasteiger partial charge on any atom is -0.422 e. The maximum Gasteiger partial charge on any atom is 0.347 e. The van der Waals surface area contributed by atoms with Crippen molar-refractivity contribution in [3.8, 4) is 0 Å². The summed E-state index contributed by atoms with van der Waals surface area (Å²) in [6.45, 7) is 2.09. The Kier molecular flexibility index (Phi) is 4.20. The highest BCUT2D eigenvalue weighted by atomic mass is 16.4. The van der Waals surface area contributed by atoms with Gasteiger partial charge in [-0.2, -0.15) is 0 Å². The van der Waals surface area contributed by atoms with Crippen LogP contribution in [0, 0.1) is 0 Å². The number of hydrogen-bond donors (Lipinski definition) is 0. The largest absolute Gasteiger partial charge is 0.422 e. The van der Waals surface area contributed by atoms with Crippen molar-refractivity contribution >= 4 is 22.8 Å². The van der Waals surface area contributed by atoms with Crippen molar-refractivity contribution in [3.05, 3.63) is 87.8 Å². The molecule has 1 heterocycles. The first-order chi connectivity index (χ1) is 11.2. The minimum absolute atomic E-state index is 0.0464. The molecule has 0 aliphatic rings. The van der Waals surface area contributed by atoms with Crippen molar-refractivity contribution in [2.24, 2.45) is 0 Å². The van der Waals surface area contributed by atoms with Crippen LogP contribution in [0.1, 0.15) is 28.4 Å². The first kappa shape index (κ1) is 15.0. The van der Waals surface area contributed by atoms with Gasteiger partial charge in [0.25, 0.3) is 0 Å². The fourth-order valence-corrected chi connectivity index (χ4v) is 2.36. The SMILES string of the molecule is CCc1ccc(/C=C/C(=O)c2cc3ccccc3oc2=O)cc1. The van der Waals surface area contributed by atoms with Gasteiger partial charge in [-0.05, 0) is 35.8 Å². The lowest BCUT2D eigenvalue weighted by Gasteiger charge is -1.99. The zero-order valence-corrected chi connectivity index (χ0v) is 12.8. The molecule has 3 aromatic rings. The summed E-state index contributed by atoms with van der Waals surface area (Å²) >= 11 is 0. The third kappa shape index (κ3) is 3.29. The van der Waals surface area contributed by atoms with Crippen molar-refractivity contribution in [1.82, 2.24) is 0 Å². The van der Waals surface area contributed by atoms with E-state index in [4.69, 9.17) is 4.42 Å². The highest BCUT2D eigenvalue weighted by molar-refractivity contribution is 6.07. The van der Waals surface area contributed by atoms with Crippen LogP contribution in [0.3, 0.4) is 0 Å². The number of benzene rings is 2. The van der Waals surface area contributed by atoms with E-state index in [2.05, 4.69) is 6.92 Å². The molecule has 3 nitrogen and oxygen atoms in total. The molecule has 0 bridgehead atoms. The van der Waals surface area contributed by atoms with Gasteiger partial charge in [0.15, 0.2) is 5.78 Å². The normalized spacial score (nSPS) is 11.2. The Balaban J connectivity index is 1.89. The van der Waals surface area contributed by atoms with Gasteiger partial charge in [-0.1, -0.05) is 55.5 Å². The molecule has 3 heteroatoms. The molecule has 114 valence electrons. The van der Waals surface area contributed by atoms with Crippen LogP contribution >= 0.6 is 0 Å². The molecule has 0 unspecified atom stereocenters. The van der Waals surface area contributed by atoms with Crippen LogP contribution in [-0.2, 0) is 6.42 Å². The average molecular weight is 304 g/mol. The van der Waals surface area contributed by atoms with E-state index in [9.17, 15) is 9.59 Å². The topological polar surface area (TPSA) is 47.3 Å². The summed E-state index contributed by atoms with van der Waals surface area (Å²) in [4.78, 5) is 24.2. The summed E-state index contributed by atoms with van der Waals surface area (Å²) in [6, 6.07) is 16.7. The molecule has 1 aromatic heterocycles. The summed E-state index contributed by atoms with van der Waals surface area (Å²) in [6.07, 6.45) is 4.08. The molecular formula is C20H16O3. The van der Waals surface area contributed by atoms with Gasteiger partial charge in [0.05, 0.1) is 0 Å². The van der Waals surface area contributed by atoms with Crippen molar-refractivity contribution < 1.29 is 9.21 Å². The van der Waals surface area contributed by atoms with Crippen LogP contribution in [0.25, 0.3) is 17.0 Å². The lowest BCUT2D eigenvalue weighted by Crippen LogP contribution is -2.11. The fourth-order valence-electron chi connectivity index (χ4n) is 2.36. The summed E-state index contributed by atoms with van der Waals surface area (Å²) in [7, 11) is 0. The molecule has 3 rings (SSSR count). The first-order valence-corrected chi connectivity index (χ1v) is 7.51. The second kappa shape index (κ2) is 6.44. The maximum atomic E-state index is 12.3. The van der Waals surface area contributed by atoms with E-state index < -0.39 is 5.63 Å². The number of carbonyl (C=O) groups is 1. The van der Waals surface area contributed by atoms with E-state index in [0.29, 0.717) is 5.58 Å². The van der Waals surface area contributed by atoms with Gasteiger partial charge in [0.1, 0.15) is 11.1 Å². The van der Waals surface area contributed by atoms with Crippen LogP contribution < -0.4 is 5.63 Å². The second-order valence-electron chi connectivity index (χ2n) is 5.28. The monoisotopic (exact) mass is 304 g/mol. The van der Waals surface area contributed by atoms with Gasteiger partial charge in [-0.3, -0.25) is 4.79 Å². The molecule has 0 atom stereocenters. The van der Waals surface area contributed by atoms with Crippen LogP contribution in [-0.4, -0.2) is 5.78 Å². The molecule has 0 fully saturated rings. The highest BCUT2D eigenvalue weighted by Crippen LogP contribution is 2.13. The van der Waals surface area contributed by atoms with Gasteiger partial charge >= 0.3 is 5.63 Å². The van der Waals surface area contributed by atoms with E-state index in [1.807, 2.05) is 36.4 Å². The summed E-state index contributed by atoms with van der Waals surface area (Å²) in [5.41, 5.74) is 2.07. The highest BCUT2D eigenvalue weighted by Gasteiger charge is 2.10. The number of para-hydroxylation sites is 1. The zero-order chi connectivity index (χ0) is 16.2. The van der Waals surface area contributed by atoms with E-state index >= 15 is 0 Å². The number of allylic oxidation sites excluding steroid dienone is 1. The Morgan fingerprint density at radius 3 is 2.57 bits per heavy atom. The summed E-state index contributed by atoms with van der Waals surface area (Å²) < 4.78 is 5.19. The number of aryl methyl sites for hydroxylation is 1. The van der Waals surface area contributed by atoms with Crippen LogP contribution in [0.4, 0.5) is 0 Å². The standard InChI is InChI=1S/C20H16O3/c1-2-14-7-9-15(10-8-14)11-12-18(21)17-13-16-5-3-4-6-19(16)23-20(17)22/h3-13H,2H2,1H3/b12-11+. The molecule has 0 radical (unpaired) electrons. The van der Waals surface area contributed by atoms with E-state index in [1.54, 1.807) is 24.3 Å². The Morgan fingerprint density at radius 2 is 1.83 bits per heavy atom. The molecule has 0 aliphatic heterocycles. The maximum absolute atomic E-state index is 12.3. The lowest BCUT2D eigenvalue weighted by molar-refractivity contribution is 0.104. The number of carbonyl (C=O) groups excluding carboxylic acids is 1. The third-order valence-corrected chi connectivity index (χ3v) is 3.72. The van der Waals surface area contributed by atoms with Crippen molar-refractivity contribution in [1.29, 1.82) is 0 Å². The van der Waals surface area contributed by atoms with E-state index in [0.717, 1.165) is 17.4 Å². The van der Waals surface area contributed by atoms with Crippen LogP contribution in [0.2, 0.25) is 0 Å². The minimum atomic E-state index is -0.611. The average Bonchev–Trinajstić information content (AvgIpc) is 2.59. The molecule has 0 saturated carbocycles. The Morgan fingerprint density at radius 1 is 1.09 bits per heavy atom. The number of rotatable bonds is 4. The van der Waals surface area contributed by atoms with Crippen molar-refractivity contribution in [2.75, 3.05) is 0 Å². The summed E-state index contributed by atoms with van der Waals surface area (Å²) in [5.74, 6) is -0.357. The van der Waals surface area contributed by atoms with E-state index in [-0.39, 0.29) is 11.3 Å². The fraction of sp³-hybridized carbons (Fsp3) is 0.100. The number of ketones is 1. The second-order valence-corrected chi connectivity index (χ2v) is 5.28. The Bertz CT molecular complexity index is 931. The first-order valence-electron chi connectivity index (χ1n) is 7.51. The molecule has 0 amide bonds. The Hall–Kier alpha value is -2.94. The third-order valence-electron chi connectivity index (χ3n) is 3.72. The summed E-state index contributed by atoms with van der Waals surface area (Å²) in [5, 5.41) is 0.733. The quantitative estimate of drug-likeness (QED) is 0.411. The predicted octanol–water partition coefficient (Wildman–Crippen LogP) is 4.25. The van der Waals surface area contributed by atoms with Gasteiger partial charge < -0.3 is 4.42 Å². The molecule has 23 heavy (non-hydrogen) atoms. The lowest BCUT2D eigenvalue weighted by atomic mass is 10.1. The van der Waals surface area contributed by atoms with Crippen molar-refractivity contribution in [2.45, 2.75) is 13.3 Å². The molecule has 0 saturated heterocycles. The molecule has 0 spiro atoms. The molecule has 0 N–H and O–H groups in total. The number of fused-ring (bicyclic) bond motifs is 1. The van der Waals surface area contributed by atoms with E-state index in [1.165, 1.54) is 11.6 Å². The Labute approximate surface area is 133 Å². The predicted molar refractivity (Wildman–Crippen MR) is 91.7 cm³/mol. The number of hydrogen-bond acceptors (Lipinski definition) is 3. The van der Waals surface area contributed by atoms with Gasteiger partial charge in [-0.25, -0.2) is 4.79 Å². The molecule has 0 aliphatic carbocycles. The smallest absolute Gasteiger partial charge is 0.347 e. The molecule has 2 aromatic carbocycles. The zero-order valence-electron chi connectivity index (χ0n) is 12.8. The molecular weight excluding hydrogens is 288 g/mol.